The average molecular weight is 270 g/mol. The molecule has 0 bridgehead atoms. The predicted octanol–water partition coefficient (Wildman–Crippen LogP) is 5.14. The van der Waals surface area contributed by atoms with Gasteiger partial charge in [-0.05, 0) is 42.9 Å². The van der Waals surface area contributed by atoms with Crippen LogP contribution in [0.15, 0.2) is 0 Å². The van der Waals surface area contributed by atoms with Gasteiger partial charge in [-0.3, -0.25) is 0 Å². The fourth-order valence-corrected chi connectivity index (χ4v) is 3.82. The Hall–Kier alpha value is -0.110. The van der Waals surface area contributed by atoms with Crippen molar-refractivity contribution in [2.24, 2.45) is 17.3 Å². The van der Waals surface area contributed by atoms with E-state index < -0.39 is 6.17 Å². The van der Waals surface area contributed by atoms with Crippen LogP contribution >= 0.6 is 0 Å². The minimum Gasteiger partial charge on any atom is -0.375 e. The molecule has 19 heavy (non-hydrogen) atoms. The molecule has 1 nitrogen and oxygen atoms in total. The van der Waals surface area contributed by atoms with E-state index in [1.165, 1.54) is 32.1 Å². The Kier molecular flexibility index (Phi) is 5.28. The summed E-state index contributed by atoms with van der Waals surface area (Å²) in [5.41, 5.74) is 0.0618. The van der Waals surface area contributed by atoms with Crippen LogP contribution in [0.2, 0.25) is 0 Å². The summed E-state index contributed by atoms with van der Waals surface area (Å²) >= 11 is 0. The first-order valence-electron chi connectivity index (χ1n) is 8.24. The first kappa shape index (κ1) is 15.3. The molecule has 0 radical (unpaired) electrons. The smallest absolute Gasteiger partial charge is 0.129 e. The van der Waals surface area contributed by atoms with E-state index in [2.05, 4.69) is 20.8 Å². The van der Waals surface area contributed by atoms with Crippen LogP contribution in [0.25, 0.3) is 0 Å². The van der Waals surface area contributed by atoms with Gasteiger partial charge in [-0.1, -0.05) is 46.5 Å². The van der Waals surface area contributed by atoms with Crippen molar-refractivity contribution >= 4 is 0 Å². The summed E-state index contributed by atoms with van der Waals surface area (Å²) in [4.78, 5) is 0. The number of hydrogen-bond donors (Lipinski definition) is 0. The summed E-state index contributed by atoms with van der Waals surface area (Å²) in [5.74, 6) is 0.855. The Morgan fingerprint density at radius 1 is 0.947 bits per heavy atom. The summed E-state index contributed by atoms with van der Waals surface area (Å²) in [7, 11) is 0. The Morgan fingerprint density at radius 2 is 1.63 bits per heavy atom. The molecular weight excluding hydrogens is 239 g/mol. The molecule has 0 saturated heterocycles. The lowest BCUT2D eigenvalue weighted by atomic mass is 9.70. The molecular formula is C17H31FO. The SMILES string of the molecule is CC(C)(C)C1CCCC(OCC2CCCCC2)C1F. The van der Waals surface area contributed by atoms with Gasteiger partial charge in [0.05, 0.1) is 6.10 Å². The third kappa shape index (κ3) is 4.18. The summed E-state index contributed by atoms with van der Waals surface area (Å²) < 4.78 is 20.6. The highest BCUT2D eigenvalue weighted by Crippen LogP contribution is 2.41. The fraction of sp³-hybridized carbons (Fsp3) is 1.00. The molecule has 0 amide bonds. The van der Waals surface area contributed by atoms with Crippen molar-refractivity contribution in [3.05, 3.63) is 0 Å². The number of halogens is 1. The van der Waals surface area contributed by atoms with Crippen LogP contribution in [0, 0.1) is 17.3 Å². The van der Waals surface area contributed by atoms with Gasteiger partial charge in [0.15, 0.2) is 0 Å². The van der Waals surface area contributed by atoms with E-state index in [-0.39, 0.29) is 17.4 Å². The average Bonchev–Trinajstić information content (AvgIpc) is 2.37. The van der Waals surface area contributed by atoms with E-state index in [0.29, 0.717) is 5.92 Å². The van der Waals surface area contributed by atoms with E-state index in [4.69, 9.17) is 4.74 Å². The maximum Gasteiger partial charge on any atom is 0.129 e. The topological polar surface area (TPSA) is 9.23 Å². The van der Waals surface area contributed by atoms with Crippen LogP contribution in [-0.2, 0) is 4.74 Å². The van der Waals surface area contributed by atoms with Gasteiger partial charge in [-0.15, -0.1) is 0 Å². The normalized spacial score (nSPS) is 34.4. The van der Waals surface area contributed by atoms with E-state index in [1.54, 1.807) is 0 Å². The minimum absolute atomic E-state index is 0.0618. The lowest BCUT2D eigenvalue weighted by Crippen LogP contribution is -2.42. The molecule has 2 fully saturated rings. The van der Waals surface area contributed by atoms with Crippen molar-refractivity contribution in [1.29, 1.82) is 0 Å². The minimum atomic E-state index is -0.766. The molecule has 0 aromatic rings. The molecule has 0 aromatic heterocycles. The van der Waals surface area contributed by atoms with Crippen molar-refractivity contribution in [3.63, 3.8) is 0 Å². The highest BCUT2D eigenvalue weighted by molar-refractivity contribution is 4.89. The number of hydrogen-bond acceptors (Lipinski definition) is 1. The maximum absolute atomic E-state index is 14.6. The Bertz CT molecular complexity index is 265. The van der Waals surface area contributed by atoms with Crippen molar-refractivity contribution in [2.75, 3.05) is 6.61 Å². The zero-order valence-corrected chi connectivity index (χ0v) is 13.0. The second kappa shape index (κ2) is 6.56. The second-order valence-electron chi connectivity index (χ2n) is 7.72. The Morgan fingerprint density at radius 3 is 2.26 bits per heavy atom. The summed E-state index contributed by atoms with van der Waals surface area (Å²) in [6, 6.07) is 0. The molecule has 2 rings (SSSR count). The first-order chi connectivity index (χ1) is 8.98. The van der Waals surface area contributed by atoms with Crippen molar-refractivity contribution < 1.29 is 9.13 Å². The molecule has 2 aliphatic carbocycles. The molecule has 3 atom stereocenters. The van der Waals surface area contributed by atoms with E-state index in [0.717, 1.165) is 25.9 Å². The van der Waals surface area contributed by atoms with Gasteiger partial charge in [-0.2, -0.15) is 0 Å². The molecule has 2 saturated carbocycles. The largest absolute Gasteiger partial charge is 0.375 e. The van der Waals surface area contributed by atoms with Crippen LogP contribution in [-0.4, -0.2) is 18.9 Å². The van der Waals surface area contributed by atoms with Gasteiger partial charge in [0, 0.05) is 6.61 Å². The zero-order valence-electron chi connectivity index (χ0n) is 13.0. The second-order valence-corrected chi connectivity index (χ2v) is 7.72. The standard InChI is InChI=1S/C17H31FO/c1-17(2,3)14-10-7-11-15(16(14)18)19-12-13-8-5-4-6-9-13/h13-16H,4-12H2,1-3H3. The van der Waals surface area contributed by atoms with Crippen LogP contribution in [0.3, 0.4) is 0 Å². The van der Waals surface area contributed by atoms with Crippen LogP contribution < -0.4 is 0 Å². The quantitative estimate of drug-likeness (QED) is 0.690. The molecule has 0 aromatic carbocycles. The zero-order chi connectivity index (χ0) is 13.9. The van der Waals surface area contributed by atoms with Gasteiger partial charge in [0.1, 0.15) is 6.17 Å². The van der Waals surface area contributed by atoms with Crippen LogP contribution in [0.4, 0.5) is 4.39 Å². The van der Waals surface area contributed by atoms with Gasteiger partial charge < -0.3 is 4.74 Å². The molecule has 0 aliphatic heterocycles. The molecule has 0 heterocycles. The highest BCUT2D eigenvalue weighted by atomic mass is 19.1. The van der Waals surface area contributed by atoms with E-state index in [9.17, 15) is 4.39 Å². The van der Waals surface area contributed by atoms with E-state index in [1.807, 2.05) is 0 Å². The molecule has 112 valence electrons. The van der Waals surface area contributed by atoms with Gasteiger partial charge in [0.25, 0.3) is 0 Å². The molecule has 2 aliphatic rings. The Balaban J connectivity index is 1.82. The van der Waals surface area contributed by atoms with Crippen molar-refractivity contribution in [2.45, 2.75) is 84.4 Å². The van der Waals surface area contributed by atoms with Crippen molar-refractivity contribution in [3.8, 4) is 0 Å². The monoisotopic (exact) mass is 270 g/mol. The third-order valence-electron chi connectivity index (χ3n) is 5.13. The lowest BCUT2D eigenvalue weighted by molar-refractivity contribution is -0.0822. The summed E-state index contributed by atoms with van der Waals surface area (Å²) in [6.45, 7) is 7.28. The molecule has 0 spiro atoms. The lowest BCUT2D eigenvalue weighted by Gasteiger charge is -2.41. The molecule has 3 unspecified atom stereocenters. The number of ether oxygens (including phenoxy) is 1. The molecule has 0 N–H and O–H groups in total. The Labute approximate surface area is 118 Å². The van der Waals surface area contributed by atoms with E-state index >= 15 is 0 Å². The van der Waals surface area contributed by atoms with Crippen LogP contribution in [0.1, 0.15) is 72.1 Å². The highest BCUT2D eigenvalue weighted by Gasteiger charge is 2.40. The summed E-state index contributed by atoms with van der Waals surface area (Å²) in [6.07, 6.45) is 8.77. The number of alkyl halides is 1. The summed E-state index contributed by atoms with van der Waals surface area (Å²) in [5, 5.41) is 0. The predicted molar refractivity (Wildman–Crippen MR) is 78.0 cm³/mol. The van der Waals surface area contributed by atoms with Gasteiger partial charge in [-0.25, -0.2) is 4.39 Å². The van der Waals surface area contributed by atoms with Crippen molar-refractivity contribution in [1.82, 2.24) is 0 Å². The van der Waals surface area contributed by atoms with Gasteiger partial charge in [0.2, 0.25) is 0 Å². The molecule has 2 heteroatoms. The van der Waals surface area contributed by atoms with Crippen LogP contribution in [0.5, 0.6) is 0 Å². The third-order valence-corrected chi connectivity index (χ3v) is 5.13. The first-order valence-corrected chi connectivity index (χ1v) is 8.24. The fourth-order valence-electron chi connectivity index (χ4n) is 3.82. The number of rotatable bonds is 3. The van der Waals surface area contributed by atoms with Gasteiger partial charge >= 0.3 is 0 Å². The maximum atomic E-state index is 14.6.